The largest absolute Gasteiger partial charge is 0.489 e. The van der Waals surface area contributed by atoms with Gasteiger partial charge in [-0.2, -0.15) is 0 Å². The van der Waals surface area contributed by atoms with Crippen molar-refractivity contribution in [1.29, 1.82) is 0 Å². The van der Waals surface area contributed by atoms with Crippen LogP contribution in [0.2, 0.25) is 0 Å². The fourth-order valence-electron chi connectivity index (χ4n) is 3.22. The van der Waals surface area contributed by atoms with Gasteiger partial charge in [0, 0.05) is 13.1 Å². The van der Waals surface area contributed by atoms with Crippen LogP contribution < -0.4 is 10.5 Å². The molecule has 0 spiro atoms. The number of nitrogens with two attached hydrogens (primary N) is 1. The summed E-state index contributed by atoms with van der Waals surface area (Å²) in [5.41, 5.74) is 8.34. The van der Waals surface area contributed by atoms with E-state index in [0.717, 1.165) is 25.4 Å². The van der Waals surface area contributed by atoms with Crippen LogP contribution in [0.1, 0.15) is 24.0 Å². The Morgan fingerprint density at radius 2 is 1.87 bits per heavy atom. The zero-order valence-electron chi connectivity index (χ0n) is 13.7. The Labute approximate surface area is 139 Å². The minimum absolute atomic E-state index is 0.614. The molecule has 3 nitrogen and oxygen atoms in total. The predicted octanol–water partition coefficient (Wildman–Crippen LogP) is 3.44. The van der Waals surface area contributed by atoms with Crippen LogP contribution in [0.3, 0.4) is 0 Å². The molecule has 0 aromatic heterocycles. The highest BCUT2D eigenvalue weighted by molar-refractivity contribution is 5.29. The number of benzene rings is 2. The number of ether oxygens (including phenoxy) is 1. The Hall–Kier alpha value is -1.84. The fourth-order valence-corrected chi connectivity index (χ4v) is 3.22. The summed E-state index contributed by atoms with van der Waals surface area (Å²) in [5.74, 6) is 1.60. The molecule has 2 aromatic rings. The van der Waals surface area contributed by atoms with Gasteiger partial charge in [-0.05, 0) is 55.1 Å². The molecule has 2 aromatic carbocycles. The van der Waals surface area contributed by atoms with Crippen molar-refractivity contribution < 1.29 is 4.74 Å². The SMILES string of the molecule is NC[C@@H]1CCCN(Cc2cccc(OCc3ccccc3)c2)C1. The first-order valence-corrected chi connectivity index (χ1v) is 8.51. The summed E-state index contributed by atoms with van der Waals surface area (Å²) < 4.78 is 5.93. The van der Waals surface area contributed by atoms with E-state index in [1.54, 1.807) is 0 Å². The number of hydrogen-bond acceptors (Lipinski definition) is 3. The molecule has 1 fully saturated rings. The summed E-state index contributed by atoms with van der Waals surface area (Å²) in [6.45, 7) is 4.69. The average molecular weight is 310 g/mol. The lowest BCUT2D eigenvalue weighted by Crippen LogP contribution is -2.37. The molecule has 3 heteroatoms. The van der Waals surface area contributed by atoms with Crippen LogP contribution in [0.15, 0.2) is 54.6 Å². The van der Waals surface area contributed by atoms with Crippen molar-refractivity contribution in [1.82, 2.24) is 4.90 Å². The maximum atomic E-state index is 5.93. The third-order valence-electron chi connectivity index (χ3n) is 4.49. The molecule has 1 heterocycles. The van der Waals surface area contributed by atoms with Gasteiger partial charge in [-0.1, -0.05) is 42.5 Å². The van der Waals surface area contributed by atoms with Gasteiger partial charge in [0.05, 0.1) is 0 Å². The molecule has 1 aliphatic heterocycles. The van der Waals surface area contributed by atoms with Crippen LogP contribution in [0.4, 0.5) is 0 Å². The second kappa shape index (κ2) is 8.14. The minimum Gasteiger partial charge on any atom is -0.489 e. The first-order valence-electron chi connectivity index (χ1n) is 8.51. The van der Waals surface area contributed by atoms with Crippen molar-refractivity contribution in [2.24, 2.45) is 11.7 Å². The Bertz CT molecular complexity index is 600. The molecule has 0 bridgehead atoms. The molecule has 23 heavy (non-hydrogen) atoms. The van der Waals surface area contributed by atoms with E-state index in [1.807, 2.05) is 24.3 Å². The van der Waals surface area contributed by atoms with Crippen molar-refractivity contribution in [2.45, 2.75) is 26.0 Å². The molecule has 0 radical (unpaired) electrons. The Morgan fingerprint density at radius 3 is 2.70 bits per heavy atom. The number of hydrogen-bond donors (Lipinski definition) is 1. The summed E-state index contributed by atoms with van der Waals surface area (Å²) in [5, 5.41) is 0. The van der Waals surface area contributed by atoms with Crippen LogP contribution >= 0.6 is 0 Å². The number of likely N-dealkylation sites (tertiary alicyclic amines) is 1. The summed E-state index contributed by atoms with van der Waals surface area (Å²) in [6.07, 6.45) is 2.53. The summed E-state index contributed by atoms with van der Waals surface area (Å²) in [7, 11) is 0. The van der Waals surface area contributed by atoms with E-state index in [0.29, 0.717) is 12.5 Å². The number of nitrogens with zero attached hydrogens (tertiary/aromatic N) is 1. The van der Waals surface area contributed by atoms with Crippen LogP contribution in [-0.2, 0) is 13.2 Å². The smallest absolute Gasteiger partial charge is 0.120 e. The van der Waals surface area contributed by atoms with Crippen molar-refractivity contribution in [3.05, 3.63) is 65.7 Å². The standard InChI is InChI=1S/C20H26N2O/c21-13-19-9-5-11-22(15-19)14-18-8-4-10-20(12-18)23-16-17-6-2-1-3-7-17/h1-4,6-8,10,12,19H,5,9,11,13-16,21H2/t19-/m0/s1. The first-order chi connectivity index (χ1) is 11.3. The van der Waals surface area contributed by atoms with Crippen molar-refractivity contribution >= 4 is 0 Å². The molecule has 0 unspecified atom stereocenters. The summed E-state index contributed by atoms with van der Waals surface area (Å²) >= 11 is 0. The zero-order chi connectivity index (χ0) is 15.9. The van der Waals surface area contributed by atoms with Gasteiger partial charge in [0.15, 0.2) is 0 Å². The third-order valence-corrected chi connectivity index (χ3v) is 4.49. The van der Waals surface area contributed by atoms with Crippen molar-refractivity contribution in [2.75, 3.05) is 19.6 Å². The highest BCUT2D eigenvalue weighted by atomic mass is 16.5. The van der Waals surface area contributed by atoms with Gasteiger partial charge < -0.3 is 10.5 Å². The lowest BCUT2D eigenvalue weighted by atomic mass is 9.98. The number of rotatable bonds is 6. The molecule has 122 valence electrons. The first kappa shape index (κ1) is 16.0. The molecular weight excluding hydrogens is 284 g/mol. The Kier molecular flexibility index (Phi) is 5.67. The molecule has 0 aliphatic carbocycles. The zero-order valence-corrected chi connectivity index (χ0v) is 13.7. The van der Waals surface area contributed by atoms with E-state index in [4.69, 9.17) is 10.5 Å². The Morgan fingerprint density at radius 1 is 1.04 bits per heavy atom. The van der Waals surface area contributed by atoms with E-state index < -0.39 is 0 Å². The van der Waals surface area contributed by atoms with Crippen LogP contribution in [0.5, 0.6) is 5.75 Å². The predicted molar refractivity (Wildman–Crippen MR) is 94.3 cm³/mol. The molecule has 0 amide bonds. The van der Waals surface area contributed by atoms with Gasteiger partial charge in [0.1, 0.15) is 12.4 Å². The normalized spacial score (nSPS) is 18.7. The van der Waals surface area contributed by atoms with E-state index in [2.05, 4.69) is 35.2 Å². The highest BCUT2D eigenvalue weighted by Crippen LogP contribution is 2.20. The quantitative estimate of drug-likeness (QED) is 0.888. The van der Waals surface area contributed by atoms with Gasteiger partial charge in [-0.25, -0.2) is 0 Å². The second-order valence-corrected chi connectivity index (χ2v) is 6.40. The van der Waals surface area contributed by atoms with Gasteiger partial charge in [-0.15, -0.1) is 0 Å². The molecule has 2 N–H and O–H groups in total. The van der Waals surface area contributed by atoms with Gasteiger partial charge in [-0.3, -0.25) is 4.90 Å². The highest BCUT2D eigenvalue weighted by Gasteiger charge is 2.18. The van der Waals surface area contributed by atoms with E-state index in [-0.39, 0.29) is 0 Å². The Balaban J connectivity index is 1.56. The fraction of sp³-hybridized carbons (Fsp3) is 0.400. The average Bonchev–Trinajstić information content (AvgIpc) is 2.61. The van der Waals surface area contributed by atoms with Crippen molar-refractivity contribution in [3.8, 4) is 5.75 Å². The van der Waals surface area contributed by atoms with Gasteiger partial charge >= 0.3 is 0 Å². The molecule has 0 saturated carbocycles. The monoisotopic (exact) mass is 310 g/mol. The lowest BCUT2D eigenvalue weighted by molar-refractivity contribution is 0.171. The second-order valence-electron chi connectivity index (χ2n) is 6.40. The van der Waals surface area contributed by atoms with Crippen molar-refractivity contribution in [3.63, 3.8) is 0 Å². The van der Waals surface area contributed by atoms with E-state index in [1.165, 1.54) is 30.5 Å². The molecule has 1 aliphatic rings. The minimum atomic E-state index is 0.614. The van der Waals surface area contributed by atoms with Crippen LogP contribution in [0, 0.1) is 5.92 Å². The third kappa shape index (κ3) is 4.81. The summed E-state index contributed by atoms with van der Waals surface area (Å²) in [6, 6.07) is 18.7. The summed E-state index contributed by atoms with van der Waals surface area (Å²) in [4.78, 5) is 2.51. The van der Waals surface area contributed by atoms with Gasteiger partial charge in [0.25, 0.3) is 0 Å². The molecule has 1 atom stereocenters. The molecular formula is C20H26N2O. The lowest BCUT2D eigenvalue weighted by Gasteiger charge is -2.32. The maximum Gasteiger partial charge on any atom is 0.120 e. The topological polar surface area (TPSA) is 38.5 Å². The molecule has 3 rings (SSSR count). The van der Waals surface area contributed by atoms with E-state index >= 15 is 0 Å². The molecule has 1 saturated heterocycles. The maximum absolute atomic E-state index is 5.93. The number of piperidine rings is 1. The van der Waals surface area contributed by atoms with E-state index in [9.17, 15) is 0 Å². The van der Waals surface area contributed by atoms with Gasteiger partial charge in [0.2, 0.25) is 0 Å². The van der Waals surface area contributed by atoms with Crippen LogP contribution in [-0.4, -0.2) is 24.5 Å². The van der Waals surface area contributed by atoms with Crippen LogP contribution in [0.25, 0.3) is 0 Å².